The Morgan fingerprint density at radius 2 is 2.00 bits per heavy atom. The summed E-state index contributed by atoms with van der Waals surface area (Å²) in [7, 11) is 1.50. The second-order valence-electron chi connectivity index (χ2n) is 4.39. The van der Waals surface area contributed by atoms with Gasteiger partial charge >= 0.3 is 0 Å². The number of benzene rings is 2. The largest absolute Gasteiger partial charge is 0.494 e. The Bertz CT molecular complexity index is 642. The second kappa shape index (κ2) is 5.21. The smallest absolute Gasteiger partial charge is 0.162 e. The van der Waals surface area contributed by atoms with E-state index in [9.17, 15) is 4.91 Å². The lowest BCUT2D eigenvalue weighted by atomic mass is 10.1. The summed E-state index contributed by atoms with van der Waals surface area (Å²) < 4.78 is 16.7. The molecule has 1 atom stereocenters. The number of ether oxygens (including phenoxy) is 3. The zero-order chi connectivity index (χ0) is 13.9. The van der Waals surface area contributed by atoms with Gasteiger partial charge in [-0.2, -0.15) is 0 Å². The van der Waals surface area contributed by atoms with E-state index in [-0.39, 0.29) is 11.8 Å². The summed E-state index contributed by atoms with van der Waals surface area (Å²) in [5.74, 6) is 1.88. The first-order valence-corrected chi connectivity index (χ1v) is 6.21. The normalized spacial score (nSPS) is 16.6. The van der Waals surface area contributed by atoms with Gasteiger partial charge in [0.25, 0.3) is 0 Å². The minimum Gasteiger partial charge on any atom is -0.494 e. The minimum absolute atomic E-state index is 0.237. The molecule has 0 bridgehead atoms. The van der Waals surface area contributed by atoms with Crippen LogP contribution in [0.4, 0.5) is 5.69 Å². The molecule has 0 aromatic heterocycles. The maximum atomic E-state index is 10.7. The molecule has 1 aliphatic rings. The highest BCUT2D eigenvalue weighted by Gasteiger charge is 2.23. The van der Waals surface area contributed by atoms with E-state index in [4.69, 9.17) is 14.2 Å². The Labute approximate surface area is 116 Å². The molecule has 0 fully saturated rings. The molecule has 2 aromatic rings. The van der Waals surface area contributed by atoms with Crippen LogP contribution in [0.2, 0.25) is 0 Å². The lowest BCUT2D eigenvalue weighted by Crippen LogP contribution is -2.21. The first-order valence-electron chi connectivity index (χ1n) is 6.21. The van der Waals surface area contributed by atoms with Crippen molar-refractivity contribution in [3.8, 4) is 17.2 Å². The van der Waals surface area contributed by atoms with Crippen LogP contribution in [0.15, 0.2) is 47.6 Å². The number of methoxy groups -OCH3 is 1. The van der Waals surface area contributed by atoms with Crippen molar-refractivity contribution in [2.45, 2.75) is 6.10 Å². The Kier molecular flexibility index (Phi) is 3.25. The predicted molar refractivity (Wildman–Crippen MR) is 73.8 cm³/mol. The minimum atomic E-state index is -0.237. The summed E-state index contributed by atoms with van der Waals surface area (Å²) in [6.07, 6.45) is -0.237. The van der Waals surface area contributed by atoms with E-state index in [1.165, 1.54) is 7.11 Å². The van der Waals surface area contributed by atoms with Crippen LogP contribution in [-0.4, -0.2) is 13.7 Å². The van der Waals surface area contributed by atoms with Crippen molar-refractivity contribution >= 4 is 5.69 Å². The summed E-state index contributed by atoms with van der Waals surface area (Å²) in [4.78, 5) is 10.7. The molecule has 1 aliphatic heterocycles. The highest BCUT2D eigenvalue weighted by atomic mass is 16.6. The number of nitroso groups, excluding NO2 is 1. The summed E-state index contributed by atoms with van der Waals surface area (Å²) >= 11 is 0. The van der Waals surface area contributed by atoms with E-state index >= 15 is 0 Å². The standard InChI is InChI=1S/C15H13NO4/c1-18-14-8-10(6-7-11(14)16-17)15-9-19-12-4-2-3-5-13(12)20-15/h2-8,15H,9H2,1H3/t15-/m1/s1. The van der Waals surface area contributed by atoms with Crippen LogP contribution in [-0.2, 0) is 0 Å². The Morgan fingerprint density at radius 3 is 2.75 bits per heavy atom. The molecule has 3 rings (SSSR count). The molecule has 2 aromatic carbocycles. The van der Waals surface area contributed by atoms with E-state index in [0.717, 1.165) is 11.3 Å². The van der Waals surface area contributed by atoms with Gasteiger partial charge in [0.15, 0.2) is 17.6 Å². The molecular formula is C15H13NO4. The number of nitrogens with zero attached hydrogens (tertiary/aromatic N) is 1. The number of hydrogen-bond donors (Lipinski definition) is 0. The SMILES string of the molecule is COc1cc([C@H]2COc3ccccc3O2)ccc1N=O. The van der Waals surface area contributed by atoms with Crippen LogP contribution in [0.25, 0.3) is 0 Å². The molecule has 0 saturated carbocycles. The van der Waals surface area contributed by atoms with Crippen molar-refractivity contribution in [3.63, 3.8) is 0 Å². The Balaban J connectivity index is 1.89. The highest BCUT2D eigenvalue weighted by Crippen LogP contribution is 2.38. The summed E-state index contributed by atoms with van der Waals surface area (Å²) in [5, 5.41) is 2.92. The first kappa shape index (κ1) is 12.5. The van der Waals surface area contributed by atoms with Crippen LogP contribution < -0.4 is 14.2 Å². The van der Waals surface area contributed by atoms with Gasteiger partial charge in [0.2, 0.25) is 0 Å². The summed E-state index contributed by atoms with van der Waals surface area (Å²) in [5.41, 5.74) is 1.15. The molecule has 0 radical (unpaired) electrons. The van der Waals surface area contributed by atoms with E-state index in [0.29, 0.717) is 18.1 Å². The van der Waals surface area contributed by atoms with Gasteiger partial charge in [-0.15, -0.1) is 4.91 Å². The lowest BCUT2D eigenvalue weighted by molar-refractivity contribution is 0.0911. The van der Waals surface area contributed by atoms with E-state index in [1.54, 1.807) is 18.2 Å². The quantitative estimate of drug-likeness (QED) is 0.800. The van der Waals surface area contributed by atoms with Crippen LogP contribution in [0.3, 0.4) is 0 Å². The van der Waals surface area contributed by atoms with Gasteiger partial charge in [0, 0.05) is 0 Å². The maximum Gasteiger partial charge on any atom is 0.162 e. The molecule has 5 nitrogen and oxygen atoms in total. The van der Waals surface area contributed by atoms with Gasteiger partial charge in [-0.1, -0.05) is 18.2 Å². The molecule has 0 saturated heterocycles. The van der Waals surface area contributed by atoms with Gasteiger partial charge in [-0.05, 0) is 35.0 Å². The van der Waals surface area contributed by atoms with Crippen LogP contribution in [0.1, 0.15) is 11.7 Å². The van der Waals surface area contributed by atoms with E-state index in [1.807, 2.05) is 24.3 Å². The maximum absolute atomic E-state index is 10.7. The third kappa shape index (κ3) is 2.18. The highest BCUT2D eigenvalue weighted by molar-refractivity contribution is 5.54. The Hall–Kier alpha value is -2.56. The Morgan fingerprint density at radius 1 is 1.20 bits per heavy atom. The molecule has 20 heavy (non-hydrogen) atoms. The second-order valence-corrected chi connectivity index (χ2v) is 4.39. The van der Waals surface area contributed by atoms with Gasteiger partial charge in [0.05, 0.1) is 7.11 Å². The van der Waals surface area contributed by atoms with Gasteiger partial charge in [-0.3, -0.25) is 0 Å². The van der Waals surface area contributed by atoms with Crippen molar-refractivity contribution < 1.29 is 14.2 Å². The molecule has 5 heteroatoms. The number of para-hydroxylation sites is 2. The predicted octanol–water partition coefficient (Wildman–Crippen LogP) is 3.61. The molecule has 0 unspecified atom stereocenters. The zero-order valence-electron chi connectivity index (χ0n) is 10.9. The number of fused-ring (bicyclic) bond motifs is 1. The van der Waals surface area contributed by atoms with Gasteiger partial charge in [0.1, 0.15) is 18.0 Å². The van der Waals surface area contributed by atoms with Crippen LogP contribution in [0, 0.1) is 4.91 Å². The summed E-state index contributed by atoms with van der Waals surface area (Å²) in [6.45, 7) is 0.411. The molecule has 0 N–H and O–H groups in total. The molecule has 1 heterocycles. The van der Waals surface area contributed by atoms with Crippen LogP contribution in [0.5, 0.6) is 17.2 Å². The third-order valence-corrected chi connectivity index (χ3v) is 3.18. The molecule has 0 aliphatic carbocycles. The number of hydrogen-bond acceptors (Lipinski definition) is 5. The topological polar surface area (TPSA) is 57.1 Å². The van der Waals surface area contributed by atoms with Crippen molar-refractivity contribution in [3.05, 3.63) is 52.9 Å². The fourth-order valence-corrected chi connectivity index (χ4v) is 2.15. The average molecular weight is 271 g/mol. The van der Waals surface area contributed by atoms with Crippen molar-refractivity contribution in [1.82, 2.24) is 0 Å². The molecule has 0 amide bonds. The van der Waals surface area contributed by atoms with Crippen LogP contribution >= 0.6 is 0 Å². The average Bonchev–Trinajstić information content (AvgIpc) is 2.53. The van der Waals surface area contributed by atoms with Gasteiger partial charge in [-0.25, -0.2) is 0 Å². The molecule has 102 valence electrons. The molecular weight excluding hydrogens is 258 g/mol. The first-order chi connectivity index (χ1) is 9.81. The fraction of sp³-hybridized carbons (Fsp3) is 0.200. The fourth-order valence-electron chi connectivity index (χ4n) is 2.15. The van der Waals surface area contributed by atoms with E-state index < -0.39 is 0 Å². The molecule has 0 spiro atoms. The van der Waals surface area contributed by atoms with E-state index in [2.05, 4.69) is 5.18 Å². The monoisotopic (exact) mass is 271 g/mol. The number of rotatable bonds is 3. The summed E-state index contributed by atoms with van der Waals surface area (Å²) in [6, 6.07) is 12.7. The van der Waals surface area contributed by atoms with Crippen molar-refractivity contribution in [2.75, 3.05) is 13.7 Å². The zero-order valence-corrected chi connectivity index (χ0v) is 10.9. The van der Waals surface area contributed by atoms with Crippen molar-refractivity contribution in [2.24, 2.45) is 5.18 Å². The van der Waals surface area contributed by atoms with Gasteiger partial charge < -0.3 is 14.2 Å². The van der Waals surface area contributed by atoms with Crippen molar-refractivity contribution in [1.29, 1.82) is 0 Å². The lowest BCUT2D eigenvalue weighted by Gasteiger charge is -2.26. The third-order valence-electron chi connectivity index (χ3n) is 3.18.